The molecule has 0 spiro atoms. The lowest BCUT2D eigenvalue weighted by Gasteiger charge is -2.12. The van der Waals surface area contributed by atoms with E-state index in [1.54, 1.807) is 6.92 Å². The number of hydrogen-bond acceptors (Lipinski definition) is 4. The Morgan fingerprint density at radius 2 is 2.18 bits per heavy atom. The van der Waals surface area contributed by atoms with Crippen molar-refractivity contribution in [3.05, 3.63) is 18.2 Å². The van der Waals surface area contributed by atoms with Gasteiger partial charge in [0.2, 0.25) is 10.0 Å². The number of hydrogen-bond donors (Lipinski definition) is 2. The highest BCUT2D eigenvalue weighted by molar-refractivity contribution is 7.89. The van der Waals surface area contributed by atoms with Gasteiger partial charge in [0.25, 0.3) is 0 Å². The predicted octanol–water partition coefficient (Wildman–Crippen LogP) is 0.577. The van der Waals surface area contributed by atoms with Crippen LogP contribution in [-0.4, -0.2) is 21.6 Å². The number of nitrogens with one attached hydrogen (secondary N) is 1. The highest BCUT2D eigenvalue weighted by Gasteiger charge is 2.20. The highest BCUT2D eigenvalue weighted by Crippen LogP contribution is 2.25. The minimum Gasteiger partial charge on any atom is -0.495 e. The summed E-state index contributed by atoms with van der Waals surface area (Å²) in [5, 5.41) is 0. The Morgan fingerprint density at radius 1 is 1.53 bits per heavy atom. The monoisotopic (exact) mass is 254 g/mol. The second kappa shape index (κ2) is 5.08. The van der Waals surface area contributed by atoms with E-state index < -0.39 is 16.1 Å². The maximum Gasteiger partial charge on any atom is 0.245 e. The topological polar surface area (TPSA) is 81.4 Å². The molecule has 0 aliphatic rings. The van der Waals surface area contributed by atoms with Crippen molar-refractivity contribution in [1.29, 1.82) is 0 Å². The Labute approximate surface area is 101 Å². The van der Waals surface area contributed by atoms with Crippen LogP contribution in [0.4, 0.5) is 5.69 Å². The largest absolute Gasteiger partial charge is 0.495 e. The molecule has 0 saturated carbocycles. The Bertz CT molecular complexity index is 546. The van der Waals surface area contributed by atoms with Crippen LogP contribution in [0.1, 0.15) is 6.92 Å². The van der Waals surface area contributed by atoms with Crippen LogP contribution >= 0.6 is 0 Å². The fraction of sp³-hybridized carbons (Fsp3) is 0.273. The number of ether oxygens (including phenoxy) is 1. The summed E-state index contributed by atoms with van der Waals surface area (Å²) >= 11 is 0. The third kappa shape index (κ3) is 3.12. The summed E-state index contributed by atoms with van der Waals surface area (Å²) in [4.78, 5) is 0.0105. The van der Waals surface area contributed by atoms with Crippen LogP contribution in [-0.2, 0) is 10.0 Å². The van der Waals surface area contributed by atoms with Crippen molar-refractivity contribution in [3.63, 3.8) is 0 Å². The summed E-state index contributed by atoms with van der Waals surface area (Å²) in [6.45, 7) is 1.57. The summed E-state index contributed by atoms with van der Waals surface area (Å²) in [5.74, 6) is 2.47. The molecule has 0 heterocycles. The lowest BCUT2D eigenvalue weighted by Crippen LogP contribution is -2.31. The van der Waals surface area contributed by atoms with Crippen LogP contribution in [0.15, 0.2) is 23.1 Å². The van der Waals surface area contributed by atoms with Crippen molar-refractivity contribution in [2.75, 3.05) is 12.8 Å². The van der Waals surface area contributed by atoms with E-state index in [4.69, 9.17) is 16.9 Å². The molecule has 1 unspecified atom stereocenters. The van der Waals surface area contributed by atoms with Gasteiger partial charge in [0.15, 0.2) is 0 Å². The van der Waals surface area contributed by atoms with Crippen molar-refractivity contribution in [3.8, 4) is 18.1 Å². The molecule has 0 aliphatic heterocycles. The molecule has 0 saturated heterocycles. The number of methoxy groups -OCH3 is 1. The number of terminal acetylenes is 1. The third-order valence-electron chi connectivity index (χ3n) is 2.06. The zero-order valence-corrected chi connectivity index (χ0v) is 10.4. The van der Waals surface area contributed by atoms with E-state index in [-0.39, 0.29) is 10.6 Å². The van der Waals surface area contributed by atoms with Gasteiger partial charge in [-0.3, -0.25) is 0 Å². The maximum atomic E-state index is 12.0. The van der Waals surface area contributed by atoms with Gasteiger partial charge in [0.05, 0.1) is 13.2 Å². The molecule has 0 bridgehead atoms. The SMILES string of the molecule is C#CC(C)NS(=O)(=O)c1ccc(N)cc1OC. The molecule has 0 fully saturated rings. The molecule has 1 rings (SSSR count). The first-order chi connectivity index (χ1) is 7.90. The molecule has 1 aromatic carbocycles. The number of nitrogens with two attached hydrogens (primary N) is 1. The third-order valence-corrected chi connectivity index (χ3v) is 3.64. The average molecular weight is 254 g/mol. The minimum absolute atomic E-state index is 0.0105. The average Bonchev–Trinajstić information content (AvgIpc) is 2.27. The van der Waals surface area contributed by atoms with Crippen LogP contribution in [0.2, 0.25) is 0 Å². The lowest BCUT2D eigenvalue weighted by atomic mass is 10.3. The number of nitrogen functional groups attached to an aromatic ring is 1. The van der Waals surface area contributed by atoms with Gasteiger partial charge in [-0.25, -0.2) is 8.42 Å². The number of rotatable bonds is 4. The summed E-state index contributed by atoms with van der Waals surface area (Å²) in [6, 6.07) is 3.70. The Balaban J connectivity index is 3.20. The Kier molecular flexibility index (Phi) is 3.99. The van der Waals surface area contributed by atoms with E-state index in [0.29, 0.717) is 5.69 Å². The Morgan fingerprint density at radius 3 is 2.71 bits per heavy atom. The molecule has 1 aromatic rings. The fourth-order valence-electron chi connectivity index (χ4n) is 1.24. The minimum atomic E-state index is -3.70. The second-order valence-electron chi connectivity index (χ2n) is 3.42. The second-order valence-corrected chi connectivity index (χ2v) is 5.10. The summed E-state index contributed by atoms with van der Waals surface area (Å²) < 4.78 is 31.2. The van der Waals surface area contributed by atoms with E-state index >= 15 is 0 Å². The van der Waals surface area contributed by atoms with Gasteiger partial charge in [-0.2, -0.15) is 4.72 Å². The summed E-state index contributed by atoms with van der Waals surface area (Å²) in [5.41, 5.74) is 5.97. The molecule has 0 aliphatic carbocycles. The van der Waals surface area contributed by atoms with E-state index in [0.717, 1.165) is 0 Å². The number of anilines is 1. The first kappa shape index (κ1) is 13.4. The van der Waals surface area contributed by atoms with Crippen LogP contribution in [0, 0.1) is 12.3 Å². The van der Waals surface area contributed by atoms with Gasteiger partial charge >= 0.3 is 0 Å². The molecule has 0 amide bonds. The number of sulfonamides is 1. The molecule has 1 atom stereocenters. The molecule has 92 valence electrons. The van der Waals surface area contributed by atoms with Crippen LogP contribution < -0.4 is 15.2 Å². The van der Waals surface area contributed by atoms with Crippen LogP contribution in [0.3, 0.4) is 0 Å². The van der Waals surface area contributed by atoms with Crippen molar-refractivity contribution in [1.82, 2.24) is 4.72 Å². The van der Waals surface area contributed by atoms with Crippen molar-refractivity contribution in [2.24, 2.45) is 0 Å². The molecule has 5 nitrogen and oxygen atoms in total. The van der Waals surface area contributed by atoms with Gasteiger partial charge in [-0.1, -0.05) is 5.92 Å². The van der Waals surface area contributed by atoms with Gasteiger partial charge in [0.1, 0.15) is 10.6 Å². The highest BCUT2D eigenvalue weighted by atomic mass is 32.2. The quantitative estimate of drug-likeness (QED) is 0.608. The maximum absolute atomic E-state index is 12.0. The molecule has 3 N–H and O–H groups in total. The molecular weight excluding hydrogens is 240 g/mol. The van der Waals surface area contributed by atoms with Crippen molar-refractivity contribution >= 4 is 15.7 Å². The van der Waals surface area contributed by atoms with Gasteiger partial charge in [-0.15, -0.1) is 6.42 Å². The lowest BCUT2D eigenvalue weighted by molar-refractivity contribution is 0.402. The molecule has 0 aromatic heterocycles. The normalized spacial score (nSPS) is 12.8. The van der Waals surface area contributed by atoms with Gasteiger partial charge < -0.3 is 10.5 Å². The standard InChI is InChI=1S/C11H14N2O3S/c1-4-8(2)13-17(14,15)11-6-5-9(12)7-10(11)16-3/h1,5-8,13H,12H2,2-3H3. The number of benzene rings is 1. The van der Waals surface area contributed by atoms with Crippen molar-refractivity contribution in [2.45, 2.75) is 17.9 Å². The van der Waals surface area contributed by atoms with Crippen molar-refractivity contribution < 1.29 is 13.2 Å². The summed E-state index contributed by atoms with van der Waals surface area (Å²) in [6.07, 6.45) is 5.12. The van der Waals surface area contributed by atoms with E-state index in [1.807, 2.05) is 0 Å². The summed E-state index contributed by atoms with van der Waals surface area (Å²) in [7, 11) is -2.33. The molecule has 0 radical (unpaired) electrons. The first-order valence-corrected chi connectivity index (χ1v) is 6.31. The predicted molar refractivity (Wildman–Crippen MR) is 66.0 cm³/mol. The van der Waals surface area contributed by atoms with Gasteiger partial charge in [-0.05, 0) is 19.1 Å². The molecule has 17 heavy (non-hydrogen) atoms. The molecule has 6 heteroatoms. The van der Waals surface area contributed by atoms with Crippen LogP contribution in [0.5, 0.6) is 5.75 Å². The smallest absolute Gasteiger partial charge is 0.245 e. The first-order valence-electron chi connectivity index (χ1n) is 4.82. The zero-order chi connectivity index (χ0) is 13.1. The Hall–Kier alpha value is -1.71. The van der Waals surface area contributed by atoms with Gasteiger partial charge in [0, 0.05) is 11.8 Å². The van der Waals surface area contributed by atoms with E-state index in [9.17, 15) is 8.42 Å². The molecular formula is C11H14N2O3S. The van der Waals surface area contributed by atoms with E-state index in [2.05, 4.69) is 10.6 Å². The fourth-order valence-corrected chi connectivity index (χ4v) is 2.55. The van der Waals surface area contributed by atoms with E-state index in [1.165, 1.54) is 25.3 Å². The zero-order valence-electron chi connectivity index (χ0n) is 9.60. The van der Waals surface area contributed by atoms with Crippen LogP contribution in [0.25, 0.3) is 0 Å².